The van der Waals surface area contributed by atoms with Crippen molar-refractivity contribution in [2.24, 2.45) is 11.1 Å². The first-order chi connectivity index (χ1) is 7.70. The minimum atomic E-state index is -4.62. The largest absolute Gasteiger partial charge is 0.480 e. The van der Waals surface area contributed by atoms with Gasteiger partial charge < -0.3 is 15.7 Å². The molecule has 1 saturated carbocycles. The Kier molecular flexibility index (Phi) is 3.65. The molecule has 1 aliphatic carbocycles. The van der Waals surface area contributed by atoms with Crippen molar-refractivity contribution in [3.05, 3.63) is 0 Å². The molecule has 98 valence electrons. The molecule has 0 aliphatic heterocycles. The fourth-order valence-corrected chi connectivity index (χ4v) is 1.57. The van der Waals surface area contributed by atoms with Crippen molar-refractivity contribution in [3.63, 3.8) is 0 Å². The summed E-state index contributed by atoms with van der Waals surface area (Å²) < 4.78 is 36.6. The number of halogens is 3. The number of rotatable bonds is 5. The van der Waals surface area contributed by atoms with E-state index in [1.165, 1.54) is 0 Å². The van der Waals surface area contributed by atoms with E-state index >= 15 is 0 Å². The summed E-state index contributed by atoms with van der Waals surface area (Å²) >= 11 is 0. The minimum Gasteiger partial charge on any atom is -0.480 e. The summed E-state index contributed by atoms with van der Waals surface area (Å²) in [6, 6.07) is 0. The number of alkyl halides is 3. The molecule has 0 heterocycles. The van der Waals surface area contributed by atoms with Crippen LogP contribution in [0.2, 0.25) is 0 Å². The van der Waals surface area contributed by atoms with Crippen LogP contribution in [0.5, 0.6) is 0 Å². The van der Waals surface area contributed by atoms with Crippen molar-refractivity contribution in [3.8, 4) is 0 Å². The highest BCUT2D eigenvalue weighted by atomic mass is 19.4. The van der Waals surface area contributed by atoms with Gasteiger partial charge in [0, 0.05) is 6.54 Å². The van der Waals surface area contributed by atoms with Crippen molar-refractivity contribution >= 4 is 11.9 Å². The number of carboxylic acid groups (broad SMARTS) is 1. The number of carbonyl (C=O) groups excluding carboxylic acids is 1. The predicted octanol–water partition coefficient (Wildman–Crippen LogP) is 0.201. The molecule has 0 bridgehead atoms. The maximum absolute atomic E-state index is 12.2. The lowest BCUT2D eigenvalue weighted by molar-refractivity contribution is -0.168. The van der Waals surface area contributed by atoms with Gasteiger partial charge in [-0.05, 0) is 12.8 Å². The van der Waals surface area contributed by atoms with E-state index in [1.54, 1.807) is 0 Å². The van der Waals surface area contributed by atoms with Gasteiger partial charge >= 0.3 is 12.1 Å². The number of nitrogens with two attached hydrogens (primary N) is 1. The Morgan fingerprint density at radius 2 is 1.88 bits per heavy atom. The second-order valence-corrected chi connectivity index (χ2v) is 4.15. The molecule has 0 aromatic heterocycles. The summed E-state index contributed by atoms with van der Waals surface area (Å²) in [4.78, 5) is 22.5. The van der Waals surface area contributed by atoms with Crippen LogP contribution in [0, 0.1) is 5.41 Å². The van der Waals surface area contributed by atoms with Crippen LogP contribution in [0.1, 0.15) is 12.8 Å². The van der Waals surface area contributed by atoms with E-state index in [1.807, 2.05) is 0 Å². The van der Waals surface area contributed by atoms with Crippen LogP contribution >= 0.6 is 0 Å². The van der Waals surface area contributed by atoms with Crippen LogP contribution in [-0.4, -0.2) is 47.7 Å². The van der Waals surface area contributed by atoms with Crippen LogP contribution in [0.3, 0.4) is 0 Å². The molecule has 0 radical (unpaired) electrons. The third-order valence-electron chi connectivity index (χ3n) is 2.68. The summed E-state index contributed by atoms with van der Waals surface area (Å²) in [5.41, 5.74) is 4.35. The number of carboxylic acids is 1. The number of amides is 1. The zero-order valence-corrected chi connectivity index (χ0v) is 8.96. The average molecular weight is 254 g/mol. The fourth-order valence-electron chi connectivity index (χ4n) is 1.57. The zero-order valence-electron chi connectivity index (χ0n) is 8.96. The summed E-state index contributed by atoms with van der Waals surface area (Å²) in [7, 11) is 0. The van der Waals surface area contributed by atoms with Crippen LogP contribution in [0.25, 0.3) is 0 Å². The van der Waals surface area contributed by atoms with E-state index in [9.17, 15) is 22.8 Å². The molecule has 3 N–H and O–H groups in total. The molecular weight excluding hydrogens is 241 g/mol. The number of carbonyl (C=O) groups is 2. The molecule has 1 fully saturated rings. The van der Waals surface area contributed by atoms with Gasteiger partial charge in [0.1, 0.15) is 13.1 Å². The van der Waals surface area contributed by atoms with Gasteiger partial charge in [0.25, 0.3) is 0 Å². The molecule has 0 atom stereocenters. The first-order valence-corrected chi connectivity index (χ1v) is 4.98. The highest BCUT2D eigenvalue weighted by Gasteiger charge is 2.52. The molecule has 0 unspecified atom stereocenters. The van der Waals surface area contributed by atoms with Gasteiger partial charge in [0.05, 0.1) is 5.41 Å². The number of nitrogens with zero attached hydrogens (tertiary/aromatic N) is 1. The normalized spacial score (nSPS) is 17.6. The van der Waals surface area contributed by atoms with E-state index in [4.69, 9.17) is 10.8 Å². The highest BCUT2D eigenvalue weighted by Crippen LogP contribution is 2.46. The number of aliphatic carboxylic acids is 1. The van der Waals surface area contributed by atoms with Crippen LogP contribution < -0.4 is 5.73 Å². The Balaban J connectivity index is 2.76. The molecular formula is C9H13F3N2O3. The SMILES string of the molecule is NCC1(C(=O)N(CC(=O)O)CC(F)(F)F)CC1. The standard InChI is InChI=1S/C9H13F3N2O3/c10-9(11,12)5-14(3-6(15)16)7(17)8(4-13)1-2-8/h1-5,13H2,(H,15,16). The van der Waals surface area contributed by atoms with E-state index in [0.717, 1.165) is 0 Å². The maximum Gasteiger partial charge on any atom is 0.406 e. The molecule has 0 aromatic rings. The lowest BCUT2D eigenvalue weighted by atomic mass is 10.1. The average Bonchev–Trinajstić information content (AvgIpc) is 2.93. The molecule has 0 saturated heterocycles. The smallest absolute Gasteiger partial charge is 0.406 e. The summed E-state index contributed by atoms with van der Waals surface area (Å²) in [6.45, 7) is -2.57. The Bertz CT molecular complexity index is 326. The highest BCUT2D eigenvalue weighted by molar-refractivity contribution is 5.88. The van der Waals surface area contributed by atoms with Gasteiger partial charge in [-0.25, -0.2) is 0 Å². The van der Waals surface area contributed by atoms with Crippen molar-refractivity contribution in [1.82, 2.24) is 4.90 Å². The van der Waals surface area contributed by atoms with Crippen molar-refractivity contribution in [1.29, 1.82) is 0 Å². The van der Waals surface area contributed by atoms with E-state index < -0.39 is 36.6 Å². The zero-order chi connectivity index (χ0) is 13.3. The second-order valence-electron chi connectivity index (χ2n) is 4.15. The first kappa shape index (κ1) is 13.8. The molecule has 0 aromatic carbocycles. The molecule has 0 spiro atoms. The topological polar surface area (TPSA) is 83.6 Å². The summed E-state index contributed by atoms with van der Waals surface area (Å²) in [6.07, 6.45) is -3.79. The number of hydrogen-bond donors (Lipinski definition) is 2. The van der Waals surface area contributed by atoms with Gasteiger partial charge in [0.2, 0.25) is 5.91 Å². The second kappa shape index (κ2) is 4.52. The Morgan fingerprint density at radius 3 is 2.18 bits per heavy atom. The third kappa shape index (κ3) is 3.58. The monoisotopic (exact) mass is 254 g/mol. The lowest BCUT2D eigenvalue weighted by Crippen LogP contribution is -2.47. The predicted molar refractivity (Wildman–Crippen MR) is 51.0 cm³/mol. The Morgan fingerprint density at radius 1 is 1.35 bits per heavy atom. The van der Waals surface area contributed by atoms with Crippen LogP contribution in [0.4, 0.5) is 13.2 Å². The van der Waals surface area contributed by atoms with Gasteiger partial charge in [-0.15, -0.1) is 0 Å². The lowest BCUT2D eigenvalue weighted by Gasteiger charge is -2.26. The van der Waals surface area contributed by atoms with Crippen molar-refractivity contribution < 1.29 is 27.9 Å². The minimum absolute atomic E-state index is 0.0557. The Labute approximate surface area is 95.4 Å². The molecule has 5 nitrogen and oxygen atoms in total. The van der Waals surface area contributed by atoms with Crippen molar-refractivity contribution in [2.75, 3.05) is 19.6 Å². The molecule has 17 heavy (non-hydrogen) atoms. The quantitative estimate of drug-likeness (QED) is 0.734. The van der Waals surface area contributed by atoms with E-state index in [0.29, 0.717) is 17.7 Å². The third-order valence-corrected chi connectivity index (χ3v) is 2.68. The fraction of sp³-hybridized carbons (Fsp3) is 0.778. The van der Waals surface area contributed by atoms with Gasteiger partial charge in [-0.2, -0.15) is 13.2 Å². The van der Waals surface area contributed by atoms with Gasteiger partial charge in [-0.3, -0.25) is 9.59 Å². The molecule has 1 aliphatic rings. The Hall–Kier alpha value is -1.31. The van der Waals surface area contributed by atoms with E-state index in [-0.39, 0.29) is 6.54 Å². The number of hydrogen-bond acceptors (Lipinski definition) is 3. The first-order valence-electron chi connectivity index (χ1n) is 4.98. The van der Waals surface area contributed by atoms with Crippen LogP contribution in [-0.2, 0) is 9.59 Å². The van der Waals surface area contributed by atoms with Gasteiger partial charge in [0.15, 0.2) is 0 Å². The molecule has 1 amide bonds. The molecule has 1 rings (SSSR count). The van der Waals surface area contributed by atoms with Crippen molar-refractivity contribution in [2.45, 2.75) is 19.0 Å². The maximum atomic E-state index is 12.2. The van der Waals surface area contributed by atoms with Crippen LogP contribution in [0.15, 0.2) is 0 Å². The molecule has 8 heteroatoms. The van der Waals surface area contributed by atoms with Gasteiger partial charge in [-0.1, -0.05) is 0 Å². The van der Waals surface area contributed by atoms with E-state index in [2.05, 4.69) is 0 Å². The summed E-state index contributed by atoms with van der Waals surface area (Å²) in [5.74, 6) is -2.30. The summed E-state index contributed by atoms with van der Waals surface area (Å²) in [5, 5.41) is 8.50.